The van der Waals surface area contributed by atoms with Crippen LogP contribution in [0.3, 0.4) is 0 Å². The van der Waals surface area contributed by atoms with Gasteiger partial charge in [-0.05, 0) is 43.2 Å². The van der Waals surface area contributed by atoms with Gasteiger partial charge in [0.05, 0.1) is 25.0 Å². The molecule has 0 atom stereocenters. The highest BCUT2D eigenvalue weighted by Crippen LogP contribution is 2.49. The maximum atomic E-state index is 2.69. The van der Waals surface area contributed by atoms with Crippen LogP contribution >= 0.6 is 16.0 Å². The zero-order valence-corrected chi connectivity index (χ0v) is 27.7. The van der Waals surface area contributed by atoms with Gasteiger partial charge < -0.3 is 8.90 Å². The zero-order valence-electron chi connectivity index (χ0n) is 26.0. The van der Waals surface area contributed by atoms with Gasteiger partial charge in [-0.2, -0.15) is 0 Å². The fourth-order valence-electron chi connectivity index (χ4n) is 6.82. The summed E-state index contributed by atoms with van der Waals surface area (Å²) in [5.74, 6) is 0. The highest BCUT2D eigenvalue weighted by Gasteiger charge is 2.32. The van der Waals surface area contributed by atoms with Crippen molar-refractivity contribution in [3.8, 4) is 11.4 Å². The van der Waals surface area contributed by atoms with Crippen molar-refractivity contribution in [2.24, 2.45) is 7.05 Å². The van der Waals surface area contributed by atoms with E-state index < -0.39 is 16.0 Å². The summed E-state index contributed by atoms with van der Waals surface area (Å²) in [6.45, 7) is 2.33. The predicted molar refractivity (Wildman–Crippen MR) is 202 cm³/mol. The molecular weight excluding hydrogens is 594 g/mol. The van der Waals surface area contributed by atoms with Crippen LogP contribution in [0.2, 0.25) is 0 Å². The zero-order chi connectivity index (χ0) is 31.0. The maximum absolute atomic E-state index is 2.69. The Bertz CT molecular complexity index is 2030. The van der Waals surface area contributed by atoms with Gasteiger partial charge in [-0.1, -0.05) is 158 Å². The smallest absolute Gasteiger partial charge is 0.0747 e. The van der Waals surface area contributed by atoms with E-state index in [4.69, 9.17) is 0 Å². The van der Waals surface area contributed by atoms with E-state index in [-0.39, 0.29) is 0 Å². The molecule has 4 heteroatoms. The first kappa shape index (κ1) is 28.7. The standard InChI is InChI=1S/C42H34N2P2/c1-31-36-27-15-18-30-39(36)44(46(34-23-11-5-12-24-34)35-25-13-6-14-26-35)40(31)41-42(37-28-16-17-29-38(37)43(41)2)45(32-19-7-3-8-20-32)33-21-9-4-10-22-33/h3-30H,1-2H3. The number of rotatable bonds is 7. The molecule has 0 saturated heterocycles. The van der Waals surface area contributed by atoms with Gasteiger partial charge in [0, 0.05) is 39.3 Å². The fourth-order valence-corrected chi connectivity index (χ4v) is 12.0. The van der Waals surface area contributed by atoms with Gasteiger partial charge in [-0.3, -0.25) is 0 Å². The molecule has 0 aliphatic rings. The number of aromatic nitrogens is 2. The molecule has 0 radical (unpaired) electrons. The van der Waals surface area contributed by atoms with Crippen molar-refractivity contribution in [3.63, 3.8) is 0 Å². The summed E-state index contributed by atoms with van der Waals surface area (Å²) >= 11 is 0. The number of aryl methyl sites for hydroxylation is 2. The molecule has 0 aliphatic heterocycles. The second-order valence-corrected chi connectivity index (χ2v) is 15.8. The van der Waals surface area contributed by atoms with Crippen molar-refractivity contribution in [1.82, 2.24) is 8.90 Å². The molecule has 2 heterocycles. The van der Waals surface area contributed by atoms with Gasteiger partial charge >= 0.3 is 0 Å². The first-order valence-electron chi connectivity index (χ1n) is 15.7. The highest BCUT2D eigenvalue weighted by atomic mass is 31.1. The lowest BCUT2D eigenvalue weighted by Crippen LogP contribution is -2.23. The molecule has 0 saturated carbocycles. The van der Waals surface area contributed by atoms with Crippen LogP contribution in [0.25, 0.3) is 33.2 Å². The summed E-state index contributed by atoms with van der Waals surface area (Å²) in [6, 6.07) is 62.4. The predicted octanol–water partition coefficient (Wildman–Crippen LogP) is 8.76. The first-order chi connectivity index (χ1) is 22.7. The molecule has 0 fully saturated rings. The topological polar surface area (TPSA) is 9.86 Å². The third-order valence-corrected chi connectivity index (χ3v) is 13.8. The molecule has 2 aromatic heterocycles. The van der Waals surface area contributed by atoms with E-state index in [9.17, 15) is 0 Å². The monoisotopic (exact) mass is 628 g/mol. The molecule has 46 heavy (non-hydrogen) atoms. The average molecular weight is 629 g/mol. The van der Waals surface area contributed by atoms with Crippen LogP contribution < -0.4 is 26.5 Å². The summed E-state index contributed by atoms with van der Waals surface area (Å²) in [7, 11) is 0.444. The molecule has 222 valence electrons. The van der Waals surface area contributed by atoms with Crippen molar-refractivity contribution < 1.29 is 0 Å². The van der Waals surface area contributed by atoms with Crippen LogP contribution in [0.15, 0.2) is 170 Å². The SMILES string of the molecule is Cc1c(-c2c(P(c3ccccc3)c3ccccc3)c3ccccc3n2C)n(P(c2ccccc2)c2ccccc2)c2ccccc12. The number of hydrogen-bond acceptors (Lipinski definition) is 0. The Morgan fingerprint density at radius 2 is 0.826 bits per heavy atom. The van der Waals surface area contributed by atoms with E-state index in [0.717, 1.165) is 0 Å². The maximum Gasteiger partial charge on any atom is 0.0747 e. The van der Waals surface area contributed by atoms with Crippen LogP contribution in [0, 0.1) is 6.92 Å². The van der Waals surface area contributed by atoms with E-state index in [1.165, 1.54) is 65.3 Å². The summed E-state index contributed by atoms with van der Waals surface area (Å²) in [5.41, 5.74) is 6.44. The summed E-state index contributed by atoms with van der Waals surface area (Å²) < 4.78 is 5.15. The third kappa shape index (κ3) is 4.81. The Morgan fingerprint density at radius 3 is 1.35 bits per heavy atom. The minimum absolute atomic E-state index is 0.878. The molecule has 0 amide bonds. The molecule has 2 nitrogen and oxygen atoms in total. The third-order valence-electron chi connectivity index (χ3n) is 8.86. The van der Waals surface area contributed by atoms with E-state index in [2.05, 4.69) is 193 Å². The number of nitrogens with zero attached hydrogens (tertiary/aromatic N) is 2. The van der Waals surface area contributed by atoms with Gasteiger partial charge in [0.25, 0.3) is 0 Å². The van der Waals surface area contributed by atoms with Crippen LogP contribution in [0.5, 0.6) is 0 Å². The van der Waals surface area contributed by atoms with Crippen molar-refractivity contribution in [3.05, 3.63) is 175 Å². The average Bonchev–Trinajstić information content (AvgIpc) is 3.57. The van der Waals surface area contributed by atoms with E-state index in [1.807, 2.05) is 0 Å². The largest absolute Gasteiger partial charge is 0.342 e. The Labute approximate surface area is 273 Å². The molecule has 0 N–H and O–H groups in total. The van der Waals surface area contributed by atoms with Crippen molar-refractivity contribution in [1.29, 1.82) is 0 Å². The van der Waals surface area contributed by atoms with Gasteiger partial charge in [0.1, 0.15) is 0 Å². The van der Waals surface area contributed by atoms with Gasteiger partial charge in [0.15, 0.2) is 0 Å². The second kappa shape index (κ2) is 12.2. The lowest BCUT2D eigenvalue weighted by Gasteiger charge is -2.26. The van der Waals surface area contributed by atoms with E-state index >= 15 is 0 Å². The molecule has 6 aromatic carbocycles. The Balaban J connectivity index is 1.54. The van der Waals surface area contributed by atoms with Crippen molar-refractivity contribution in [2.75, 3.05) is 0 Å². The molecule has 8 rings (SSSR count). The minimum atomic E-state index is -0.941. The van der Waals surface area contributed by atoms with E-state index in [1.54, 1.807) is 0 Å². The second-order valence-electron chi connectivity index (χ2n) is 11.6. The van der Waals surface area contributed by atoms with Crippen LogP contribution in [0.1, 0.15) is 5.56 Å². The van der Waals surface area contributed by atoms with Crippen molar-refractivity contribution in [2.45, 2.75) is 6.92 Å². The molecule has 0 unspecified atom stereocenters. The normalized spacial score (nSPS) is 11.7. The summed E-state index contributed by atoms with van der Waals surface area (Å²) in [4.78, 5) is 0. The fraction of sp³-hybridized carbons (Fsp3) is 0.0476. The summed E-state index contributed by atoms with van der Waals surface area (Å²) in [5, 5.41) is 9.41. The van der Waals surface area contributed by atoms with Crippen LogP contribution in [0.4, 0.5) is 0 Å². The lowest BCUT2D eigenvalue weighted by atomic mass is 10.1. The van der Waals surface area contributed by atoms with Crippen LogP contribution in [-0.4, -0.2) is 8.90 Å². The van der Waals surface area contributed by atoms with Gasteiger partial charge in [-0.25, -0.2) is 0 Å². The summed E-state index contributed by atoms with van der Waals surface area (Å²) in [6.07, 6.45) is 0. The van der Waals surface area contributed by atoms with Crippen LogP contribution in [-0.2, 0) is 7.05 Å². The quantitative estimate of drug-likeness (QED) is 0.156. The highest BCUT2D eigenvalue weighted by molar-refractivity contribution is 7.80. The van der Waals surface area contributed by atoms with Gasteiger partial charge in [0.2, 0.25) is 0 Å². The minimum Gasteiger partial charge on any atom is -0.342 e. The Hall–Kier alpha value is -4.74. The molecule has 0 aliphatic carbocycles. The number of fused-ring (bicyclic) bond motifs is 2. The lowest BCUT2D eigenvalue weighted by molar-refractivity contribution is 0.971. The van der Waals surface area contributed by atoms with Crippen molar-refractivity contribution >= 4 is 64.3 Å². The molecule has 8 aromatic rings. The molecule has 0 spiro atoms. The first-order valence-corrected chi connectivity index (χ1v) is 18.3. The Kier molecular flexibility index (Phi) is 7.63. The Morgan fingerprint density at radius 1 is 0.413 bits per heavy atom. The number of para-hydroxylation sites is 2. The molecule has 0 bridgehead atoms. The van der Waals surface area contributed by atoms with E-state index in [0.29, 0.717) is 0 Å². The molecular formula is C42H34N2P2. The number of benzene rings is 6. The van der Waals surface area contributed by atoms with Gasteiger partial charge in [-0.15, -0.1) is 0 Å². The number of hydrogen-bond donors (Lipinski definition) is 0.